The van der Waals surface area contributed by atoms with Gasteiger partial charge in [0, 0.05) is 13.2 Å². The summed E-state index contributed by atoms with van der Waals surface area (Å²) in [5.41, 5.74) is 1.79. The molecule has 0 radical (unpaired) electrons. The molecule has 1 heterocycles. The van der Waals surface area contributed by atoms with Crippen molar-refractivity contribution in [3.63, 3.8) is 0 Å². The van der Waals surface area contributed by atoms with E-state index in [1.165, 1.54) is 0 Å². The maximum absolute atomic E-state index is 5.13. The minimum Gasteiger partial charge on any atom is -0.689 e. The first-order valence-corrected chi connectivity index (χ1v) is 8.71. The second-order valence-electron chi connectivity index (χ2n) is 4.72. The zero-order valence-electron chi connectivity index (χ0n) is 11.6. The second kappa shape index (κ2) is 7.07. The Balaban J connectivity index is 0.00000256. The van der Waals surface area contributed by atoms with Gasteiger partial charge < -0.3 is 14.2 Å². The monoisotopic (exact) mass is 246 g/mol. The third-order valence-electron chi connectivity index (χ3n) is 1.73. The minimum absolute atomic E-state index is 0. The fourth-order valence-corrected chi connectivity index (χ4v) is 2.29. The summed E-state index contributed by atoms with van der Waals surface area (Å²) < 4.78 is 10.3. The third kappa shape index (κ3) is 6.74. The summed E-state index contributed by atoms with van der Waals surface area (Å²) in [5.74, 6) is 0.728. The van der Waals surface area contributed by atoms with Gasteiger partial charge in [-0.1, -0.05) is 24.8 Å². The van der Waals surface area contributed by atoms with Gasteiger partial charge in [-0.25, -0.2) is 0 Å². The molecule has 1 aromatic heterocycles. The van der Waals surface area contributed by atoms with Crippen LogP contribution >= 0.6 is 0 Å². The Morgan fingerprint density at radius 1 is 1.53 bits per heavy atom. The van der Waals surface area contributed by atoms with Gasteiger partial charge in [0.25, 0.3) is 0 Å². The fraction of sp³-hybridized carbons (Fsp3) is 0.545. The van der Waals surface area contributed by atoms with Crippen LogP contribution < -0.4 is 18.9 Å². The summed E-state index contributed by atoms with van der Waals surface area (Å²) in [7, 11) is 0.176. The average Bonchev–Trinajstić information content (AvgIpc) is 2.48. The molecule has 0 fully saturated rings. The van der Waals surface area contributed by atoms with Crippen LogP contribution in [0.3, 0.4) is 0 Å². The van der Waals surface area contributed by atoms with Gasteiger partial charge in [-0.15, -0.1) is 5.70 Å². The molecule has 0 aliphatic carbocycles. The molecule has 0 aromatic carbocycles. The Kier molecular flexibility index (Phi) is 6.87. The van der Waals surface area contributed by atoms with Crippen LogP contribution in [0.2, 0.25) is 19.6 Å². The number of hydrogen-bond donors (Lipinski definition) is 0. The topological polar surface area (TPSA) is 49.4 Å². The zero-order valence-corrected chi connectivity index (χ0v) is 12.6. The molecule has 0 N–H and O–H groups in total. The first kappa shape index (κ1) is 16.5. The van der Waals surface area contributed by atoms with E-state index < -0.39 is 8.24 Å². The van der Waals surface area contributed by atoms with E-state index in [2.05, 4.69) is 24.8 Å². The van der Waals surface area contributed by atoms with Gasteiger partial charge >= 0.3 is 18.9 Å². The molecule has 0 saturated carbocycles. The number of aromatic nitrogens is 1. The number of hydrogen-bond acceptors (Lipinski definition) is 3. The van der Waals surface area contributed by atoms with Crippen molar-refractivity contribution in [2.24, 2.45) is 0 Å². The maximum Gasteiger partial charge on any atom is 1.00 e. The van der Waals surface area contributed by atoms with E-state index in [-0.39, 0.29) is 18.9 Å². The molecule has 0 atom stereocenters. The van der Waals surface area contributed by atoms with Crippen LogP contribution in [-0.2, 0) is 4.74 Å². The Morgan fingerprint density at radius 2 is 2.18 bits per heavy atom. The summed E-state index contributed by atoms with van der Waals surface area (Å²) in [6, 6.07) is 1.88. The summed E-state index contributed by atoms with van der Waals surface area (Å²) in [4.78, 5) is 4.69. The molecule has 17 heavy (non-hydrogen) atoms. The Morgan fingerprint density at radius 3 is 2.59 bits per heavy atom. The van der Waals surface area contributed by atoms with Gasteiger partial charge in [0.2, 0.25) is 0 Å². The maximum atomic E-state index is 5.13. The van der Waals surface area contributed by atoms with E-state index in [0.717, 1.165) is 17.2 Å². The molecule has 4 nitrogen and oxygen atoms in total. The van der Waals surface area contributed by atoms with Gasteiger partial charge in [-0.05, 0) is 21.2 Å². The second-order valence-corrected chi connectivity index (χ2v) is 9.29. The predicted molar refractivity (Wildman–Crippen MR) is 67.8 cm³/mol. The van der Waals surface area contributed by atoms with Gasteiger partial charge in [-0.3, -0.25) is 0 Å². The molecule has 1 aromatic rings. The number of nitrogens with zero attached hydrogens (tertiary/aromatic N) is 2. The molecule has 0 aliphatic heterocycles. The molecular weight excluding hydrogens is 227 g/mol. The molecule has 1 rings (SSSR count). The number of methoxy groups -OCH3 is 1. The minimum atomic E-state index is -1.49. The number of aryl methyl sites for hydroxylation is 1. The van der Waals surface area contributed by atoms with E-state index in [1.54, 1.807) is 7.11 Å². The van der Waals surface area contributed by atoms with Crippen molar-refractivity contribution >= 4 is 14.3 Å². The summed E-state index contributed by atoms with van der Waals surface area (Å²) >= 11 is 0. The summed E-state index contributed by atoms with van der Waals surface area (Å²) in [5, 5.41) is 3.84. The Hall–Kier alpha value is -0.476. The smallest absolute Gasteiger partial charge is 0.689 e. The predicted octanol–water partition coefficient (Wildman–Crippen LogP) is 0.183. The normalized spacial score (nSPS) is 12.2. The van der Waals surface area contributed by atoms with E-state index in [0.29, 0.717) is 6.61 Å². The standard InChI is InChI=1S/C11H19N2O2Si.Li/c1-9-6-11(15-12-9)7-10(8-14-2)13-16(3,4)5;/h6-7H,8H2,1-5H3;/q-1;+1/b10-7+;. The fourth-order valence-electron chi connectivity index (χ4n) is 1.30. The third-order valence-corrected chi connectivity index (χ3v) is 2.68. The number of rotatable bonds is 5. The van der Waals surface area contributed by atoms with Crippen molar-refractivity contribution in [3.05, 3.63) is 28.2 Å². The zero-order chi connectivity index (χ0) is 12.2. The largest absolute Gasteiger partial charge is 1.00 e. The van der Waals surface area contributed by atoms with Crippen LogP contribution in [0.25, 0.3) is 11.1 Å². The quantitative estimate of drug-likeness (QED) is 0.697. The number of ether oxygens (including phenoxy) is 1. The van der Waals surface area contributed by atoms with Crippen molar-refractivity contribution in [3.8, 4) is 0 Å². The molecule has 0 aliphatic rings. The van der Waals surface area contributed by atoms with Crippen LogP contribution in [-0.4, -0.2) is 27.1 Å². The molecule has 90 valence electrons. The van der Waals surface area contributed by atoms with Gasteiger partial charge in [0.1, 0.15) is 0 Å². The van der Waals surface area contributed by atoms with E-state index >= 15 is 0 Å². The molecule has 0 saturated heterocycles. The van der Waals surface area contributed by atoms with E-state index in [9.17, 15) is 0 Å². The van der Waals surface area contributed by atoms with E-state index in [1.807, 2.05) is 19.1 Å². The Labute approximate surface area is 116 Å². The van der Waals surface area contributed by atoms with Gasteiger partial charge in [-0.2, -0.15) is 0 Å². The molecule has 0 spiro atoms. The van der Waals surface area contributed by atoms with Crippen LogP contribution in [0.5, 0.6) is 0 Å². The van der Waals surface area contributed by atoms with Crippen LogP contribution in [0.4, 0.5) is 0 Å². The van der Waals surface area contributed by atoms with Gasteiger partial charge in [0.15, 0.2) is 5.76 Å². The molecule has 6 heteroatoms. The van der Waals surface area contributed by atoms with Gasteiger partial charge in [0.05, 0.1) is 12.3 Å². The van der Waals surface area contributed by atoms with Crippen molar-refractivity contribution in [2.75, 3.05) is 13.7 Å². The van der Waals surface area contributed by atoms with Crippen molar-refractivity contribution < 1.29 is 28.1 Å². The summed E-state index contributed by atoms with van der Waals surface area (Å²) in [6.45, 7) is 8.95. The molecule has 0 bridgehead atoms. The molecule has 0 unspecified atom stereocenters. The van der Waals surface area contributed by atoms with Crippen LogP contribution in [0.1, 0.15) is 11.5 Å². The first-order chi connectivity index (χ1) is 7.40. The average molecular weight is 246 g/mol. The summed E-state index contributed by atoms with van der Waals surface area (Å²) in [6.07, 6.45) is 1.89. The molecule has 0 amide bonds. The van der Waals surface area contributed by atoms with E-state index in [4.69, 9.17) is 14.2 Å². The van der Waals surface area contributed by atoms with Crippen molar-refractivity contribution in [1.82, 2.24) is 5.16 Å². The van der Waals surface area contributed by atoms with Crippen molar-refractivity contribution in [1.29, 1.82) is 0 Å². The Bertz CT molecular complexity index is 372. The molecular formula is C11H19LiN2O2Si. The van der Waals surface area contributed by atoms with Crippen LogP contribution in [0, 0.1) is 6.92 Å². The van der Waals surface area contributed by atoms with Crippen molar-refractivity contribution in [2.45, 2.75) is 26.6 Å². The SMILES string of the molecule is COC/C(=C\c1cc(C)no1)[N-][Si](C)(C)C.[Li+]. The first-order valence-electron chi connectivity index (χ1n) is 5.26. The van der Waals surface area contributed by atoms with Crippen LogP contribution in [0.15, 0.2) is 16.3 Å².